The minimum absolute atomic E-state index is 0.0662. The number of nitrogens with one attached hydrogen (secondary N) is 1. The summed E-state index contributed by atoms with van der Waals surface area (Å²) in [6, 6.07) is 4.62. The molecule has 0 fully saturated rings. The molecule has 104 valence electrons. The number of anilines is 1. The Bertz CT molecular complexity index is 667. The van der Waals surface area contributed by atoms with Gasteiger partial charge in [0.2, 0.25) is 0 Å². The number of amides is 1. The highest BCUT2D eigenvalue weighted by molar-refractivity contribution is 9.10. The molecule has 0 radical (unpaired) electrons. The second-order valence-electron chi connectivity index (χ2n) is 3.83. The quantitative estimate of drug-likeness (QED) is 0.638. The summed E-state index contributed by atoms with van der Waals surface area (Å²) in [5.74, 6) is -5.72. The van der Waals surface area contributed by atoms with Gasteiger partial charge in [0, 0.05) is 22.3 Å². The van der Waals surface area contributed by atoms with Gasteiger partial charge in [-0.3, -0.25) is 4.79 Å². The summed E-state index contributed by atoms with van der Waals surface area (Å²) >= 11 is 2.99. The summed E-state index contributed by atoms with van der Waals surface area (Å²) in [6.07, 6.45) is 0. The van der Waals surface area contributed by atoms with E-state index >= 15 is 0 Å². The van der Waals surface area contributed by atoms with Crippen LogP contribution in [0, 0.1) is 23.3 Å². The molecule has 7 heteroatoms. The fraction of sp³-hybridized carbons (Fsp3) is 0. The van der Waals surface area contributed by atoms with Gasteiger partial charge in [-0.2, -0.15) is 0 Å². The standard InChI is InChI=1S/C13H6BrF4NO/c14-9-3-6(15)1-2-8(9)13(20)19-7-4-10(16)12(18)11(17)5-7/h1-5H,(H,19,20). The number of carbonyl (C=O) groups excluding carboxylic acids is 1. The lowest BCUT2D eigenvalue weighted by Gasteiger charge is -2.08. The lowest BCUT2D eigenvalue weighted by atomic mass is 10.2. The van der Waals surface area contributed by atoms with Crippen molar-refractivity contribution < 1.29 is 22.4 Å². The molecule has 0 saturated carbocycles. The van der Waals surface area contributed by atoms with Crippen LogP contribution in [0.4, 0.5) is 23.2 Å². The van der Waals surface area contributed by atoms with E-state index in [1.807, 2.05) is 0 Å². The number of rotatable bonds is 2. The van der Waals surface area contributed by atoms with E-state index in [1.165, 1.54) is 6.07 Å². The van der Waals surface area contributed by atoms with Crippen molar-refractivity contribution in [3.05, 3.63) is 63.6 Å². The Morgan fingerprint density at radius 1 is 1.00 bits per heavy atom. The molecule has 0 aliphatic carbocycles. The van der Waals surface area contributed by atoms with Gasteiger partial charge >= 0.3 is 0 Å². The maximum absolute atomic E-state index is 13.0. The van der Waals surface area contributed by atoms with Gasteiger partial charge in [-0.25, -0.2) is 17.6 Å². The molecule has 0 atom stereocenters. The zero-order valence-electron chi connectivity index (χ0n) is 9.68. The largest absolute Gasteiger partial charge is 0.322 e. The predicted molar refractivity (Wildman–Crippen MR) is 68.4 cm³/mol. The molecule has 0 bridgehead atoms. The molecule has 0 spiro atoms. The van der Waals surface area contributed by atoms with Gasteiger partial charge in [0.25, 0.3) is 5.91 Å². The number of hydrogen-bond acceptors (Lipinski definition) is 1. The minimum Gasteiger partial charge on any atom is -0.322 e. The monoisotopic (exact) mass is 347 g/mol. The molecule has 0 aliphatic heterocycles. The Hall–Kier alpha value is -1.89. The van der Waals surface area contributed by atoms with Crippen LogP contribution in [0.2, 0.25) is 0 Å². The van der Waals surface area contributed by atoms with Gasteiger partial charge in [0.15, 0.2) is 17.5 Å². The first-order chi connectivity index (χ1) is 9.38. The fourth-order valence-electron chi connectivity index (χ4n) is 1.50. The highest BCUT2D eigenvalue weighted by atomic mass is 79.9. The van der Waals surface area contributed by atoms with E-state index < -0.39 is 29.2 Å². The van der Waals surface area contributed by atoms with Crippen LogP contribution in [-0.4, -0.2) is 5.91 Å². The Morgan fingerprint density at radius 2 is 1.60 bits per heavy atom. The zero-order valence-corrected chi connectivity index (χ0v) is 11.3. The Kier molecular flexibility index (Phi) is 4.08. The third-order valence-electron chi connectivity index (χ3n) is 2.42. The van der Waals surface area contributed by atoms with E-state index in [4.69, 9.17) is 0 Å². The molecular formula is C13H6BrF4NO. The van der Waals surface area contributed by atoms with Crippen molar-refractivity contribution in [3.8, 4) is 0 Å². The average molecular weight is 348 g/mol. The maximum Gasteiger partial charge on any atom is 0.256 e. The smallest absolute Gasteiger partial charge is 0.256 e. The van der Waals surface area contributed by atoms with Gasteiger partial charge in [-0.05, 0) is 34.1 Å². The number of benzene rings is 2. The van der Waals surface area contributed by atoms with Crippen molar-refractivity contribution >= 4 is 27.5 Å². The molecule has 1 amide bonds. The molecule has 2 aromatic carbocycles. The molecule has 2 nitrogen and oxygen atoms in total. The van der Waals surface area contributed by atoms with E-state index in [1.54, 1.807) is 0 Å². The maximum atomic E-state index is 13.0. The number of carbonyl (C=O) groups is 1. The molecule has 1 N–H and O–H groups in total. The fourth-order valence-corrected chi connectivity index (χ4v) is 2.03. The van der Waals surface area contributed by atoms with Crippen molar-refractivity contribution in [2.24, 2.45) is 0 Å². The number of halogens is 5. The van der Waals surface area contributed by atoms with E-state index in [-0.39, 0.29) is 15.7 Å². The second kappa shape index (κ2) is 5.62. The first kappa shape index (κ1) is 14.5. The highest BCUT2D eigenvalue weighted by Crippen LogP contribution is 2.21. The summed E-state index contributed by atoms with van der Waals surface area (Å²) in [6.45, 7) is 0. The molecular weight excluding hydrogens is 342 g/mol. The van der Waals surface area contributed by atoms with Crippen LogP contribution < -0.4 is 5.32 Å². The van der Waals surface area contributed by atoms with Gasteiger partial charge in [-0.15, -0.1) is 0 Å². The summed E-state index contributed by atoms with van der Waals surface area (Å²) < 4.78 is 51.8. The minimum atomic E-state index is -1.62. The third-order valence-corrected chi connectivity index (χ3v) is 3.07. The second-order valence-corrected chi connectivity index (χ2v) is 4.69. The van der Waals surface area contributed by atoms with E-state index in [0.717, 1.165) is 12.1 Å². The molecule has 0 unspecified atom stereocenters. The lowest BCUT2D eigenvalue weighted by Crippen LogP contribution is -2.13. The van der Waals surface area contributed by atoms with Crippen LogP contribution in [0.25, 0.3) is 0 Å². The van der Waals surface area contributed by atoms with Crippen molar-refractivity contribution in [3.63, 3.8) is 0 Å². The van der Waals surface area contributed by atoms with Crippen LogP contribution >= 0.6 is 15.9 Å². The Balaban J connectivity index is 2.28. The van der Waals surface area contributed by atoms with E-state index in [2.05, 4.69) is 21.2 Å². The summed E-state index contributed by atoms with van der Waals surface area (Å²) in [4.78, 5) is 11.9. The SMILES string of the molecule is O=C(Nc1cc(F)c(F)c(F)c1)c1ccc(F)cc1Br. The molecule has 0 aliphatic rings. The Morgan fingerprint density at radius 3 is 2.15 bits per heavy atom. The van der Waals surface area contributed by atoms with Gasteiger partial charge in [0.05, 0.1) is 5.56 Å². The van der Waals surface area contributed by atoms with Crippen LogP contribution in [0.5, 0.6) is 0 Å². The van der Waals surface area contributed by atoms with Crippen LogP contribution in [0.3, 0.4) is 0 Å². The van der Waals surface area contributed by atoms with Crippen molar-refractivity contribution in [1.82, 2.24) is 0 Å². The molecule has 2 rings (SSSR count). The van der Waals surface area contributed by atoms with Crippen molar-refractivity contribution in [2.45, 2.75) is 0 Å². The number of hydrogen-bond donors (Lipinski definition) is 1. The lowest BCUT2D eigenvalue weighted by molar-refractivity contribution is 0.102. The topological polar surface area (TPSA) is 29.1 Å². The van der Waals surface area contributed by atoms with Crippen LogP contribution in [0.1, 0.15) is 10.4 Å². The molecule has 2 aromatic rings. The predicted octanol–water partition coefficient (Wildman–Crippen LogP) is 4.26. The third kappa shape index (κ3) is 2.98. The van der Waals surface area contributed by atoms with Crippen LogP contribution in [-0.2, 0) is 0 Å². The average Bonchev–Trinajstić information content (AvgIpc) is 2.35. The van der Waals surface area contributed by atoms with E-state index in [9.17, 15) is 22.4 Å². The zero-order chi connectivity index (χ0) is 14.9. The summed E-state index contributed by atoms with van der Waals surface area (Å²) in [5.41, 5.74) is -0.181. The Labute approximate surface area is 119 Å². The molecule has 20 heavy (non-hydrogen) atoms. The van der Waals surface area contributed by atoms with Crippen molar-refractivity contribution in [1.29, 1.82) is 0 Å². The van der Waals surface area contributed by atoms with Gasteiger partial charge in [-0.1, -0.05) is 0 Å². The van der Waals surface area contributed by atoms with Crippen molar-refractivity contribution in [2.75, 3.05) is 5.32 Å². The normalized spacial score (nSPS) is 10.4. The van der Waals surface area contributed by atoms with Crippen LogP contribution in [0.15, 0.2) is 34.8 Å². The van der Waals surface area contributed by atoms with Gasteiger partial charge < -0.3 is 5.32 Å². The molecule has 0 aromatic heterocycles. The molecule has 0 heterocycles. The summed E-state index contributed by atoms with van der Waals surface area (Å²) in [7, 11) is 0. The first-order valence-corrected chi connectivity index (χ1v) is 6.08. The van der Waals surface area contributed by atoms with Gasteiger partial charge in [0.1, 0.15) is 5.82 Å². The molecule has 0 saturated heterocycles. The first-order valence-electron chi connectivity index (χ1n) is 5.29. The summed E-state index contributed by atoms with van der Waals surface area (Å²) in [5, 5.41) is 2.19. The van der Waals surface area contributed by atoms with E-state index in [0.29, 0.717) is 12.1 Å². The highest BCUT2D eigenvalue weighted by Gasteiger charge is 2.15.